The minimum Gasteiger partial charge on any atom is -0.480 e. The zero-order chi connectivity index (χ0) is 26.2. The molecule has 0 aromatic carbocycles. The van der Waals surface area contributed by atoms with Crippen molar-refractivity contribution in [3.8, 4) is 0 Å². The lowest BCUT2D eigenvalue weighted by Crippen LogP contribution is -2.57. The molecule has 3 heterocycles. The third-order valence-electron chi connectivity index (χ3n) is 5.78. The van der Waals surface area contributed by atoms with E-state index in [9.17, 15) is 29.1 Å². The van der Waals surface area contributed by atoms with E-state index in [1.165, 1.54) is 23.8 Å². The van der Waals surface area contributed by atoms with Gasteiger partial charge in [-0.25, -0.2) is 14.8 Å². The van der Waals surface area contributed by atoms with Crippen LogP contribution in [0.2, 0.25) is 0 Å². The van der Waals surface area contributed by atoms with Crippen molar-refractivity contribution in [2.75, 3.05) is 6.54 Å². The van der Waals surface area contributed by atoms with Crippen LogP contribution in [0.1, 0.15) is 30.7 Å². The molecular formula is C21H29N9O6. The topological polar surface area (TPSA) is 242 Å². The number of carbonyl (C=O) groups is 5. The molecule has 15 nitrogen and oxygen atoms in total. The quantitative estimate of drug-likeness (QED) is 0.157. The molecule has 0 aliphatic carbocycles. The van der Waals surface area contributed by atoms with Gasteiger partial charge in [0.1, 0.15) is 18.1 Å². The summed E-state index contributed by atoms with van der Waals surface area (Å²) in [5.74, 6) is -4.21. The Balaban J connectivity index is 1.66. The van der Waals surface area contributed by atoms with E-state index in [0.717, 1.165) is 0 Å². The van der Waals surface area contributed by atoms with Gasteiger partial charge in [-0.2, -0.15) is 0 Å². The molecule has 1 aliphatic rings. The number of carboxylic acid groups (broad SMARTS) is 1. The summed E-state index contributed by atoms with van der Waals surface area (Å²) < 4.78 is 0. The fourth-order valence-electron chi connectivity index (χ4n) is 4.00. The minimum absolute atomic E-state index is 0.0998. The molecular weight excluding hydrogens is 474 g/mol. The molecule has 4 atom stereocenters. The molecule has 1 aliphatic heterocycles. The lowest BCUT2D eigenvalue weighted by molar-refractivity contribution is -0.143. The van der Waals surface area contributed by atoms with E-state index >= 15 is 0 Å². The van der Waals surface area contributed by atoms with Crippen LogP contribution in [0, 0.1) is 0 Å². The van der Waals surface area contributed by atoms with E-state index in [-0.39, 0.29) is 12.8 Å². The highest BCUT2D eigenvalue weighted by atomic mass is 16.4. The molecule has 0 bridgehead atoms. The van der Waals surface area contributed by atoms with Crippen molar-refractivity contribution in [2.24, 2.45) is 11.5 Å². The second kappa shape index (κ2) is 11.9. The average Bonchev–Trinajstić information content (AvgIpc) is 3.59. The van der Waals surface area contributed by atoms with Crippen LogP contribution in [0.5, 0.6) is 0 Å². The van der Waals surface area contributed by atoms with Crippen molar-refractivity contribution >= 4 is 29.6 Å². The molecule has 0 unspecified atom stereocenters. The molecule has 3 rings (SSSR count). The summed E-state index contributed by atoms with van der Waals surface area (Å²) in [5.41, 5.74) is 12.4. The Morgan fingerprint density at radius 2 is 1.69 bits per heavy atom. The van der Waals surface area contributed by atoms with Gasteiger partial charge in [-0.1, -0.05) is 0 Å². The lowest BCUT2D eigenvalue weighted by Gasteiger charge is -2.28. The normalized spacial score (nSPS) is 17.7. The number of hydrogen-bond donors (Lipinski definition) is 7. The molecule has 15 heteroatoms. The number of imidazole rings is 2. The number of H-pyrrole nitrogens is 2. The average molecular weight is 504 g/mol. The SMILES string of the molecule is NC(=O)C[C@H](NC(=O)[C@@H]1CCCN1C(=O)[C@@H](N)Cc1cnc[nH]1)C(=O)N[C@@H](Cc1cnc[nH]1)C(=O)O. The third-order valence-corrected chi connectivity index (χ3v) is 5.78. The van der Waals surface area contributed by atoms with Crippen LogP contribution in [0.4, 0.5) is 0 Å². The summed E-state index contributed by atoms with van der Waals surface area (Å²) in [6, 6.07) is -4.61. The van der Waals surface area contributed by atoms with Gasteiger partial charge >= 0.3 is 5.97 Å². The van der Waals surface area contributed by atoms with Gasteiger partial charge in [-0.05, 0) is 12.8 Å². The molecule has 9 N–H and O–H groups in total. The molecule has 4 amide bonds. The van der Waals surface area contributed by atoms with Crippen molar-refractivity contribution in [3.63, 3.8) is 0 Å². The third kappa shape index (κ3) is 6.88. The number of likely N-dealkylation sites (tertiary alicyclic amines) is 1. The van der Waals surface area contributed by atoms with Gasteiger partial charge in [0.25, 0.3) is 0 Å². The van der Waals surface area contributed by atoms with Gasteiger partial charge in [0, 0.05) is 43.2 Å². The van der Waals surface area contributed by atoms with Crippen LogP contribution in [-0.4, -0.2) is 90.3 Å². The Kier molecular flexibility index (Phi) is 8.72. The van der Waals surface area contributed by atoms with Crippen LogP contribution >= 0.6 is 0 Å². The number of aromatic amines is 2. The standard InChI is InChI=1S/C21H29N9O6/c22-13(4-11-7-24-9-26-11)20(34)30-3-1-2-16(30)19(33)28-14(6-17(23)31)18(32)29-15(21(35)36)5-12-8-25-10-27-12/h7-10,13-16H,1-6,22H2,(H2,23,31)(H,24,26)(H,25,27)(H,28,33)(H,29,32)(H,35,36)/t13-,14-,15-,16-/m0/s1. The first-order valence-corrected chi connectivity index (χ1v) is 11.3. The number of primary amides is 1. The molecule has 2 aromatic rings. The van der Waals surface area contributed by atoms with E-state index in [4.69, 9.17) is 11.5 Å². The number of aromatic nitrogens is 4. The highest BCUT2D eigenvalue weighted by Gasteiger charge is 2.38. The van der Waals surface area contributed by atoms with Crippen LogP contribution in [0.25, 0.3) is 0 Å². The summed E-state index contributed by atoms with van der Waals surface area (Å²) in [4.78, 5) is 76.7. The summed E-state index contributed by atoms with van der Waals surface area (Å²) in [7, 11) is 0. The summed E-state index contributed by atoms with van der Waals surface area (Å²) >= 11 is 0. The monoisotopic (exact) mass is 503 g/mol. The Labute approximate surface area is 205 Å². The number of nitrogens with two attached hydrogens (primary N) is 2. The number of aliphatic carboxylic acids is 1. The molecule has 1 saturated heterocycles. The van der Waals surface area contributed by atoms with Crippen molar-refractivity contribution < 1.29 is 29.1 Å². The van der Waals surface area contributed by atoms with Gasteiger partial charge in [-0.15, -0.1) is 0 Å². The zero-order valence-electron chi connectivity index (χ0n) is 19.3. The van der Waals surface area contributed by atoms with Crippen molar-refractivity contribution in [3.05, 3.63) is 36.4 Å². The fraction of sp³-hybridized carbons (Fsp3) is 0.476. The fourth-order valence-corrected chi connectivity index (χ4v) is 4.00. The molecule has 0 spiro atoms. The number of nitrogens with one attached hydrogen (secondary N) is 4. The Morgan fingerprint density at radius 1 is 1.06 bits per heavy atom. The second-order valence-electron chi connectivity index (χ2n) is 8.49. The first-order chi connectivity index (χ1) is 17.2. The summed E-state index contributed by atoms with van der Waals surface area (Å²) in [5, 5.41) is 14.2. The van der Waals surface area contributed by atoms with Crippen molar-refractivity contribution in [1.29, 1.82) is 0 Å². The largest absolute Gasteiger partial charge is 0.480 e. The Morgan fingerprint density at radius 3 is 2.25 bits per heavy atom. The first kappa shape index (κ1) is 26.3. The number of hydrogen-bond acceptors (Lipinski definition) is 8. The van der Waals surface area contributed by atoms with Crippen LogP contribution in [-0.2, 0) is 36.8 Å². The molecule has 2 aromatic heterocycles. The van der Waals surface area contributed by atoms with E-state index < -0.39 is 60.2 Å². The Hall–Kier alpha value is -4.27. The van der Waals surface area contributed by atoms with Crippen LogP contribution < -0.4 is 22.1 Å². The maximum Gasteiger partial charge on any atom is 0.326 e. The summed E-state index contributed by atoms with van der Waals surface area (Å²) in [6.45, 7) is 0.297. The van der Waals surface area contributed by atoms with Crippen molar-refractivity contribution in [1.82, 2.24) is 35.5 Å². The van der Waals surface area contributed by atoms with Gasteiger partial charge in [0.15, 0.2) is 0 Å². The van der Waals surface area contributed by atoms with Crippen molar-refractivity contribution in [2.45, 2.75) is 56.3 Å². The molecule has 0 saturated carbocycles. The van der Waals surface area contributed by atoms with Gasteiger partial charge in [0.2, 0.25) is 23.6 Å². The maximum atomic E-state index is 13.0. The molecule has 194 valence electrons. The van der Waals surface area contributed by atoms with E-state index in [1.54, 1.807) is 6.20 Å². The van der Waals surface area contributed by atoms with Gasteiger partial charge in [-0.3, -0.25) is 19.2 Å². The molecule has 0 radical (unpaired) electrons. The number of rotatable bonds is 12. The Bertz CT molecular complexity index is 1070. The highest BCUT2D eigenvalue weighted by Crippen LogP contribution is 2.19. The van der Waals surface area contributed by atoms with Gasteiger partial charge in [0.05, 0.1) is 25.1 Å². The lowest BCUT2D eigenvalue weighted by atomic mass is 10.1. The number of carbonyl (C=O) groups excluding carboxylic acids is 4. The first-order valence-electron chi connectivity index (χ1n) is 11.3. The molecule has 1 fully saturated rings. The smallest absolute Gasteiger partial charge is 0.326 e. The maximum absolute atomic E-state index is 13.0. The van der Waals surface area contributed by atoms with Gasteiger partial charge < -0.3 is 42.1 Å². The van der Waals surface area contributed by atoms with Crippen LogP contribution in [0.3, 0.4) is 0 Å². The zero-order valence-corrected chi connectivity index (χ0v) is 19.3. The van der Waals surface area contributed by atoms with E-state index in [1.807, 2.05) is 0 Å². The number of nitrogens with zero attached hydrogens (tertiary/aromatic N) is 3. The molecule has 36 heavy (non-hydrogen) atoms. The predicted octanol–water partition coefficient (Wildman–Crippen LogP) is -2.83. The second-order valence-corrected chi connectivity index (χ2v) is 8.49. The predicted molar refractivity (Wildman–Crippen MR) is 123 cm³/mol. The van der Waals surface area contributed by atoms with E-state index in [2.05, 4.69) is 30.6 Å². The highest BCUT2D eigenvalue weighted by molar-refractivity contribution is 5.96. The summed E-state index contributed by atoms with van der Waals surface area (Å²) in [6.07, 6.45) is 6.19. The number of amides is 4. The number of carboxylic acids is 1. The van der Waals surface area contributed by atoms with E-state index in [0.29, 0.717) is 30.8 Å². The van der Waals surface area contributed by atoms with Crippen LogP contribution in [0.15, 0.2) is 25.0 Å². The minimum atomic E-state index is -1.44.